The van der Waals surface area contributed by atoms with Crippen molar-refractivity contribution in [2.75, 3.05) is 0 Å². The maximum Gasteiger partial charge on any atom is 0.405 e. The van der Waals surface area contributed by atoms with Crippen LogP contribution in [-0.4, -0.2) is 32.6 Å². The maximum atomic E-state index is 12.7. The Kier molecular flexibility index (Phi) is 6.71. The summed E-state index contributed by atoms with van der Waals surface area (Å²) in [6, 6.07) is 8.89. The predicted octanol–water partition coefficient (Wildman–Crippen LogP) is 2.92. The first-order chi connectivity index (χ1) is 12.0. The Hall–Kier alpha value is -2.67. The second-order valence-electron chi connectivity index (χ2n) is 6.21. The Labute approximate surface area is 146 Å². The van der Waals surface area contributed by atoms with E-state index < -0.39 is 12.1 Å². The number of benzene rings is 1. The van der Waals surface area contributed by atoms with E-state index in [2.05, 4.69) is 10.3 Å². The van der Waals surface area contributed by atoms with Crippen LogP contribution in [-0.2, 0) is 18.1 Å². The molecular weight excluding hydrogens is 322 g/mol. The van der Waals surface area contributed by atoms with E-state index >= 15 is 0 Å². The largest absolute Gasteiger partial charge is 0.465 e. The van der Waals surface area contributed by atoms with Crippen LogP contribution in [0.4, 0.5) is 4.79 Å². The summed E-state index contributed by atoms with van der Waals surface area (Å²) in [5.41, 5.74) is 1.35. The molecule has 0 bridgehead atoms. The number of imidazole rings is 1. The Bertz CT molecular complexity index is 697. The van der Waals surface area contributed by atoms with Gasteiger partial charge in [-0.3, -0.25) is 4.79 Å². The molecule has 1 amide bonds. The molecule has 25 heavy (non-hydrogen) atoms. The molecule has 0 radical (unpaired) electrons. The van der Waals surface area contributed by atoms with Crippen LogP contribution in [0.25, 0.3) is 0 Å². The lowest BCUT2D eigenvalue weighted by atomic mass is 9.99. The van der Waals surface area contributed by atoms with Crippen molar-refractivity contribution in [3.8, 4) is 0 Å². The molecule has 0 spiro atoms. The number of hydrogen-bond acceptors (Lipinski definition) is 4. The fraction of sp³-hybridized carbons (Fsp3) is 0.389. The van der Waals surface area contributed by atoms with Crippen molar-refractivity contribution in [3.05, 3.63) is 54.1 Å². The molecule has 0 aliphatic heterocycles. The second-order valence-corrected chi connectivity index (χ2v) is 6.21. The fourth-order valence-corrected chi connectivity index (χ4v) is 2.50. The van der Waals surface area contributed by atoms with Gasteiger partial charge in [-0.2, -0.15) is 0 Å². The molecule has 0 saturated heterocycles. The van der Waals surface area contributed by atoms with Gasteiger partial charge >= 0.3 is 6.09 Å². The van der Waals surface area contributed by atoms with E-state index in [1.165, 1.54) is 12.5 Å². The number of nitrogens with one attached hydrogen (secondary N) is 1. The summed E-state index contributed by atoms with van der Waals surface area (Å²) in [7, 11) is 0. The third-order valence-corrected chi connectivity index (χ3v) is 3.63. The molecule has 1 atom stereocenters. The number of carbonyl (C=O) groups is 2. The van der Waals surface area contributed by atoms with Gasteiger partial charge < -0.3 is 19.7 Å². The Balaban J connectivity index is 2.02. The van der Waals surface area contributed by atoms with E-state index in [9.17, 15) is 9.59 Å². The van der Waals surface area contributed by atoms with Crippen LogP contribution < -0.4 is 5.32 Å². The topological polar surface area (TPSA) is 93.5 Å². The van der Waals surface area contributed by atoms with Gasteiger partial charge in [0.1, 0.15) is 12.4 Å². The maximum absolute atomic E-state index is 12.7. The van der Waals surface area contributed by atoms with Gasteiger partial charge in [0.05, 0.1) is 25.2 Å². The zero-order chi connectivity index (χ0) is 18.2. The van der Waals surface area contributed by atoms with Crippen LogP contribution >= 0.6 is 0 Å². The normalized spacial score (nSPS) is 12.1. The summed E-state index contributed by atoms with van der Waals surface area (Å²) in [5, 5.41) is 11.3. The summed E-state index contributed by atoms with van der Waals surface area (Å²) < 4.78 is 7.22. The third kappa shape index (κ3) is 5.72. The number of nitrogens with zero attached hydrogens (tertiary/aromatic N) is 2. The molecule has 2 N–H and O–H groups in total. The lowest BCUT2D eigenvalue weighted by Gasteiger charge is -2.18. The van der Waals surface area contributed by atoms with Crippen molar-refractivity contribution >= 4 is 11.9 Å². The monoisotopic (exact) mass is 345 g/mol. The Morgan fingerprint density at radius 2 is 2.00 bits per heavy atom. The van der Waals surface area contributed by atoms with Gasteiger partial charge in [0.15, 0.2) is 0 Å². The Morgan fingerprint density at radius 1 is 1.28 bits per heavy atom. The van der Waals surface area contributed by atoms with Gasteiger partial charge in [0.2, 0.25) is 5.78 Å². The molecule has 0 saturated carbocycles. The minimum Gasteiger partial charge on any atom is -0.465 e. The minimum atomic E-state index is -1.22. The average Bonchev–Trinajstić information content (AvgIpc) is 3.02. The number of hydrogen-bond donors (Lipinski definition) is 2. The number of ketones is 1. The number of carbonyl (C=O) groups excluding carboxylic acids is 1. The van der Waals surface area contributed by atoms with Gasteiger partial charge in [0, 0.05) is 0 Å². The highest BCUT2D eigenvalue weighted by molar-refractivity contribution is 5.99. The third-order valence-electron chi connectivity index (χ3n) is 3.63. The summed E-state index contributed by atoms with van der Waals surface area (Å²) in [6.07, 6.45) is 2.14. The van der Waals surface area contributed by atoms with E-state index in [-0.39, 0.29) is 18.4 Å². The molecule has 2 rings (SSSR count). The van der Waals surface area contributed by atoms with Gasteiger partial charge in [-0.25, -0.2) is 9.78 Å². The zero-order valence-electron chi connectivity index (χ0n) is 14.4. The van der Waals surface area contributed by atoms with Crippen LogP contribution in [0.15, 0.2) is 42.9 Å². The Morgan fingerprint density at radius 3 is 2.64 bits per heavy atom. The molecule has 0 aliphatic carbocycles. The molecule has 134 valence electrons. The molecule has 7 nitrogen and oxygen atoms in total. The molecule has 1 heterocycles. The highest BCUT2D eigenvalue weighted by Gasteiger charge is 2.25. The standard InChI is InChI=1S/C18H23N3O4/c1-13(2)8-15(20-18(23)24)17(22)16-9-19-11-21(16)12-25-10-14-6-4-3-5-7-14/h3-7,9,11,13,15,20H,8,10,12H2,1-2H3,(H,23,24). The molecule has 0 fully saturated rings. The number of amides is 1. The summed E-state index contributed by atoms with van der Waals surface area (Å²) >= 11 is 0. The number of aromatic nitrogens is 2. The van der Waals surface area contributed by atoms with Crippen molar-refractivity contribution in [3.63, 3.8) is 0 Å². The van der Waals surface area contributed by atoms with Crippen LogP contribution in [0.1, 0.15) is 36.3 Å². The first-order valence-corrected chi connectivity index (χ1v) is 8.13. The highest BCUT2D eigenvalue weighted by atomic mass is 16.5. The molecule has 0 aliphatic rings. The van der Waals surface area contributed by atoms with Crippen molar-refractivity contribution in [1.29, 1.82) is 0 Å². The first-order valence-electron chi connectivity index (χ1n) is 8.13. The number of ether oxygens (including phenoxy) is 1. The second kappa shape index (κ2) is 8.98. The van der Waals surface area contributed by atoms with E-state index in [4.69, 9.17) is 9.84 Å². The minimum absolute atomic E-state index is 0.164. The zero-order valence-corrected chi connectivity index (χ0v) is 14.4. The van der Waals surface area contributed by atoms with E-state index in [1.807, 2.05) is 44.2 Å². The summed E-state index contributed by atoms with van der Waals surface area (Å²) in [5.74, 6) is -0.136. The quantitative estimate of drug-likeness (QED) is 0.682. The van der Waals surface area contributed by atoms with E-state index in [0.29, 0.717) is 18.7 Å². The van der Waals surface area contributed by atoms with Gasteiger partial charge in [0.25, 0.3) is 0 Å². The predicted molar refractivity (Wildman–Crippen MR) is 92.2 cm³/mol. The van der Waals surface area contributed by atoms with Crippen molar-refractivity contribution < 1.29 is 19.4 Å². The van der Waals surface area contributed by atoms with Gasteiger partial charge in [-0.1, -0.05) is 44.2 Å². The molecule has 1 aromatic carbocycles. The van der Waals surface area contributed by atoms with Crippen LogP contribution in [0.2, 0.25) is 0 Å². The van der Waals surface area contributed by atoms with Gasteiger partial charge in [-0.15, -0.1) is 0 Å². The van der Waals surface area contributed by atoms with E-state index in [0.717, 1.165) is 5.56 Å². The molecule has 1 aromatic heterocycles. The smallest absolute Gasteiger partial charge is 0.405 e. The van der Waals surface area contributed by atoms with Crippen LogP contribution in [0, 0.1) is 5.92 Å². The lowest BCUT2D eigenvalue weighted by molar-refractivity contribution is 0.0601. The molecular formula is C18H23N3O4. The van der Waals surface area contributed by atoms with Crippen LogP contribution in [0.5, 0.6) is 0 Å². The average molecular weight is 345 g/mol. The molecule has 7 heteroatoms. The summed E-state index contributed by atoms with van der Waals surface area (Å²) in [4.78, 5) is 27.7. The fourth-order valence-electron chi connectivity index (χ4n) is 2.50. The van der Waals surface area contributed by atoms with Crippen LogP contribution in [0.3, 0.4) is 0 Å². The van der Waals surface area contributed by atoms with Crippen molar-refractivity contribution in [1.82, 2.24) is 14.9 Å². The highest BCUT2D eigenvalue weighted by Crippen LogP contribution is 2.12. The van der Waals surface area contributed by atoms with Crippen molar-refractivity contribution in [2.45, 2.75) is 39.6 Å². The first kappa shape index (κ1) is 18.7. The SMILES string of the molecule is CC(C)CC(NC(=O)O)C(=O)c1cncn1COCc1ccccc1. The summed E-state index contributed by atoms with van der Waals surface area (Å²) in [6.45, 7) is 4.45. The lowest BCUT2D eigenvalue weighted by Crippen LogP contribution is -2.41. The number of rotatable bonds is 9. The van der Waals surface area contributed by atoms with Gasteiger partial charge in [-0.05, 0) is 17.9 Å². The van der Waals surface area contributed by atoms with E-state index in [1.54, 1.807) is 4.57 Å². The number of Topliss-reactive ketones (excluding diaryl/α,β-unsaturated/α-hetero) is 1. The molecule has 1 unspecified atom stereocenters. The van der Waals surface area contributed by atoms with Crippen molar-refractivity contribution in [2.24, 2.45) is 5.92 Å². The number of carboxylic acid groups (broad SMARTS) is 1. The molecule has 2 aromatic rings.